The molecule has 1 aromatic heterocycles. The molecule has 74 valence electrons. The van der Waals surface area contributed by atoms with Crippen LogP contribution in [0.15, 0.2) is 29.1 Å². The van der Waals surface area contributed by atoms with Gasteiger partial charge in [-0.15, -0.1) is 0 Å². The summed E-state index contributed by atoms with van der Waals surface area (Å²) in [5.74, 6) is 0.137. The van der Waals surface area contributed by atoms with Crippen molar-refractivity contribution in [3.63, 3.8) is 0 Å². The molecule has 0 unspecified atom stereocenters. The van der Waals surface area contributed by atoms with Gasteiger partial charge in [0.2, 0.25) is 0 Å². The van der Waals surface area contributed by atoms with Gasteiger partial charge < -0.3 is 4.98 Å². The third kappa shape index (κ3) is 1.06. The minimum atomic E-state index is -0.0981. The Balaban J connectivity index is 2.56. The van der Waals surface area contributed by atoms with Crippen LogP contribution in [0.2, 0.25) is 0 Å². The van der Waals surface area contributed by atoms with E-state index in [0.29, 0.717) is 23.8 Å². The van der Waals surface area contributed by atoms with Crippen LogP contribution in [-0.2, 0) is 6.42 Å². The van der Waals surface area contributed by atoms with Crippen molar-refractivity contribution in [2.24, 2.45) is 0 Å². The van der Waals surface area contributed by atoms with Gasteiger partial charge in [-0.05, 0) is 17.9 Å². The summed E-state index contributed by atoms with van der Waals surface area (Å²) in [5.41, 5.74) is 1.41. The van der Waals surface area contributed by atoms with E-state index in [4.69, 9.17) is 0 Å². The number of pyridine rings is 1. The van der Waals surface area contributed by atoms with Gasteiger partial charge in [0, 0.05) is 23.1 Å². The number of carbonyl (C=O) groups excluding carboxylic acids is 1. The normalized spacial score (nSPS) is 14.5. The fourth-order valence-corrected chi connectivity index (χ4v) is 2.20. The lowest BCUT2D eigenvalue weighted by molar-refractivity contribution is 0.0996. The molecule has 3 rings (SSSR count). The number of nitrogens with one attached hydrogen (secondary N) is 1. The molecule has 0 amide bonds. The smallest absolute Gasteiger partial charge is 0.256 e. The molecule has 2 aromatic rings. The van der Waals surface area contributed by atoms with Crippen LogP contribution in [0, 0.1) is 0 Å². The summed E-state index contributed by atoms with van der Waals surface area (Å²) >= 11 is 0. The van der Waals surface area contributed by atoms with Gasteiger partial charge in [0.25, 0.3) is 5.56 Å². The monoisotopic (exact) mass is 199 g/mol. The molecule has 1 N–H and O–H groups in total. The third-order valence-corrected chi connectivity index (χ3v) is 2.89. The fourth-order valence-electron chi connectivity index (χ4n) is 2.20. The van der Waals surface area contributed by atoms with Crippen molar-refractivity contribution in [1.82, 2.24) is 4.98 Å². The number of Topliss-reactive ketones (excluding diaryl/α,β-unsaturated/α-hetero) is 1. The Labute approximate surface area is 85.7 Å². The quantitative estimate of drug-likeness (QED) is 0.701. The van der Waals surface area contributed by atoms with Crippen LogP contribution >= 0.6 is 0 Å². The highest BCUT2D eigenvalue weighted by Crippen LogP contribution is 2.25. The number of H-pyrrole nitrogens is 1. The van der Waals surface area contributed by atoms with Crippen molar-refractivity contribution < 1.29 is 4.79 Å². The largest absolute Gasteiger partial charge is 0.325 e. The van der Waals surface area contributed by atoms with E-state index in [0.717, 1.165) is 11.1 Å². The van der Waals surface area contributed by atoms with Crippen LogP contribution < -0.4 is 5.56 Å². The van der Waals surface area contributed by atoms with Gasteiger partial charge in [0.05, 0.1) is 0 Å². The summed E-state index contributed by atoms with van der Waals surface area (Å²) in [6, 6.07) is 7.25. The lowest BCUT2D eigenvalue weighted by Gasteiger charge is -2.02. The Morgan fingerprint density at radius 3 is 2.53 bits per heavy atom. The highest BCUT2D eigenvalue weighted by molar-refractivity contribution is 6.10. The first-order valence-electron chi connectivity index (χ1n) is 4.94. The first-order valence-corrected chi connectivity index (χ1v) is 4.94. The molecule has 0 saturated carbocycles. The van der Waals surface area contributed by atoms with Crippen molar-refractivity contribution in [2.45, 2.75) is 12.8 Å². The summed E-state index contributed by atoms with van der Waals surface area (Å²) in [6.45, 7) is 0. The summed E-state index contributed by atoms with van der Waals surface area (Å²) in [4.78, 5) is 26.1. The van der Waals surface area contributed by atoms with Crippen LogP contribution in [0.5, 0.6) is 0 Å². The molecule has 0 radical (unpaired) electrons. The van der Waals surface area contributed by atoms with Gasteiger partial charge in [-0.25, -0.2) is 0 Å². The summed E-state index contributed by atoms with van der Waals surface area (Å²) in [5, 5.41) is 1.39. The Hall–Kier alpha value is -1.90. The van der Waals surface area contributed by atoms with Crippen molar-refractivity contribution in [1.29, 1.82) is 0 Å². The maximum absolute atomic E-state index is 11.7. The zero-order valence-electron chi connectivity index (χ0n) is 8.04. The summed E-state index contributed by atoms with van der Waals surface area (Å²) in [7, 11) is 0. The van der Waals surface area contributed by atoms with E-state index in [1.54, 1.807) is 6.07 Å². The molecular weight excluding hydrogens is 190 g/mol. The zero-order chi connectivity index (χ0) is 10.4. The molecule has 0 aliphatic heterocycles. The molecule has 1 aromatic carbocycles. The van der Waals surface area contributed by atoms with Crippen LogP contribution in [0.4, 0.5) is 0 Å². The fraction of sp³-hybridized carbons (Fsp3) is 0.167. The average Bonchev–Trinajstić information content (AvgIpc) is 2.61. The number of hydrogen-bond donors (Lipinski definition) is 1. The highest BCUT2D eigenvalue weighted by Gasteiger charge is 2.23. The van der Waals surface area contributed by atoms with Crippen molar-refractivity contribution in [3.05, 3.63) is 45.9 Å². The van der Waals surface area contributed by atoms with Crippen LogP contribution in [0.1, 0.15) is 22.5 Å². The average molecular weight is 199 g/mol. The second-order valence-electron chi connectivity index (χ2n) is 3.78. The first kappa shape index (κ1) is 8.41. The molecule has 0 bridgehead atoms. The highest BCUT2D eigenvalue weighted by atomic mass is 16.1. The molecule has 0 saturated heterocycles. The Morgan fingerprint density at radius 2 is 1.73 bits per heavy atom. The SMILES string of the molecule is O=C1CCc2[nH]c(=O)c3ccccc3c21. The standard InChI is InChI=1S/C12H9NO2/c14-10-6-5-9-11(10)7-3-1-2-4-8(7)12(15)13-9/h1-4H,5-6H2,(H,13,15). The predicted octanol–water partition coefficient (Wildman–Crippen LogP) is 1.66. The number of ketones is 1. The lowest BCUT2D eigenvalue weighted by Crippen LogP contribution is -2.10. The van der Waals surface area contributed by atoms with Gasteiger partial charge in [0.15, 0.2) is 5.78 Å². The molecule has 15 heavy (non-hydrogen) atoms. The van der Waals surface area contributed by atoms with Gasteiger partial charge >= 0.3 is 0 Å². The molecule has 3 heteroatoms. The van der Waals surface area contributed by atoms with Crippen LogP contribution in [-0.4, -0.2) is 10.8 Å². The minimum Gasteiger partial charge on any atom is -0.325 e. The Morgan fingerprint density at radius 1 is 1.00 bits per heavy atom. The lowest BCUT2D eigenvalue weighted by atomic mass is 10.1. The number of rotatable bonds is 0. The van der Waals surface area contributed by atoms with E-state index in [1.807, 2.05) is 18.2 Å². The van der Waals surface area contributed by atoms with Crippen molar-refractivity contribution in [2.75, 3.05) is 0 Å². The van der Waals surface area contributed by atoms with E-state index in [9.17, 15) is 9.59 Å². The van der Waals surface area contributed by atoms with Gasteiger partial charge in [-0.2, -0.15) is 0 Å². The molecular formula is C12H9NO2. The van der Waals surface area contributed by atoms with Crippen molar-refractivity contribution in [3.8, 4) is 0 Å². The van der Waals surface area contributed by atoms with E-state index in [2.05, 4.69) is 4.98 Å². The molecule has 0 fully saturated rings. The molecule has 1 aliphatic carbocycles. The zero-order valence-corrected chi connectivity index (χ0v) is 8.04. The number of fused-ring (bicyclic) bond motifs is 3. The van der Waals surface area contributed by atoms with E-state index >= 15 is 0 Å². The topological polar surface area (TPSA) is 49.9 Å². The molecule has 0 atom stereocenters. The van der Waals surface area contributed by atoms with Gasteiger partial charge in [-0.1, -0.05) is 18.2 Å². The summed E-state index contributed by atoms with van der Waals surface area (Å²) < 4.78 is 0. The van der Waals surface area contributed by atoms with E-state index in [-0.39, 0.29) is 11.3 Å². The van der Waals surface area contributed by atoms with Gasteiger partial charge in [0.1, 0.15) is 0 Å². The number of carbonyl (C=O) groups is 1. The number of aromatic amines is 1. The molecule has 3 nitrogen and oxygen atoms in total. The second-order valence-corrected chi connectivity index (χ2v) is 3.78. The maximum atomic E-state index is 11.7. The van der Waals surface area contributed by atoms with Crippen molar-refractivity contribution >= 4 is 16.6 Å². The molecule has 1 heterocycles. The summed E-state index contributed by atoms with van der Waals surface area (Å²) in [6.07, 6.45) is 1.17. The number of aromatic nitrogens is 1. The predicted molar refractivity (Wildman–Crippen MR) is 57.2 cm³/mol. The van der Waals surface area contributed by atoms with Crippen LogP contribution in [0.3, 0.4) is 0 Å². The van der Waals surface area contributed by atoms with Crippen LogP contribution in [0.25, 0.3) is 10.8 Å². The molecule has 1 aliphatic rings. The minimum absolute atomic E-state index is 0.0981. The molecule has 0 spiro atoms. The number of hydrogen-bond acceptors (Lipinski definition) is 2. The van der Waals surface area contributed by atoms with Gasteiger partial charge in [-0.3, -0.25) is 9.59 Å². The third-order valence-electron chi connectivity index (χ3n) is 2.89. The second kappa shape index (κ2) is 2.79. The Bertz CT molecular complexity index is 625. The van der Waals surface area contributed by atoms with E-state index < -0.39 is 0 Å². The van der Waals surface area contributed by atoms with E-state index in [1.165, 1.54) is 0 Å². The maximum Gasteiger partial charge on any atom is 0.256 e. The first-order chi connectivity index (χ1) is 7.27. The number of aryl methyl sites for hydroxylation is 1. The number of benzene rings is 1. The Kier molecular flexibility index (Phi) is 1.57.